The molecule has 0 atom stereocenters. The molecule has 0 bridgehead atoms. The lowest BCUT2D eigenvalue weighted by atomic mass is 10.4. The summed E-state index contributed by atoms with van der Waals surface area (Å²) in [6, 6.07) is 0. The van der Waals surface area contributed by atoms with E-state index in [-0.39, 0.29) is 0 Å². The molecule has 0 rings (SSSR count). The summed E-state index contributed by atoms with van der Waals surface area (Å²) >= 11 is 0. The summed E-state index contributed by atoms with van der Waals surface area (Å²) in [5, 5.41) is 0. The Morgan fingerprint density at radius 1 is 0.833 bits per heavy atom. The zero-order chi connectivity index (χ0) is 10.8. The standard InChI is InChI=1S/C4H10.C4H8.C2H6.C2H4/c2*1-3-4-2;2*1-2/h3-4H2,1-2H3;3-4H,1-2H3;1-2H3;1-2H2. The van der Waals surface area contributed by atoms with Gasteiger partial charge >= 0.3 is 0 Å². The molecule has 0 nitrogen and oxygen atoms in total. The van der Waals surface area contributed by atoms with Crippen LogP contribution in [0.2, 0.25) is 0 Å². The smallest absolute Gasteiger partial charge is 0.0470 e. The molecule has 0 fully saturated rings. The van der Waals surface area contributed by atoms with Gasteiger partial charge in [0.05, 0.1) is 0 Å². The quantitative estimate of drug-likeness (QED) is 0.476. The Morgan fingerprint density at radius 3 is 1.00 bits per heavy atom. The van der Waals surface area contributed by atoms with Gasteiger partial charge in [-0.05, 0) is 13.8 Å². The highest BCUT2D eigenvalue weighted by atomic mass is 13.6. The van der Waals surface area contributed by atoms with Crippen molar-refractivity contribution in [2.24, 2.45) is 0 Å². The lowest BCUT2D eigenvalue weighted by molar-refractivity contribution is 0.886. The topological polar surface area (TPSA) is 0 Å². The lowest BCUT2D eigenvalue weighted by Crippen LogP contribution is -1.47. The second-order valence-electron chi connectivity index (χ2n) is 1.67. The minimum absolute atomic E-state index is 1.32. The summed E-state index contributed by atoms with van der Waals surface area (Å²) in [5.74, 6) is 0. The maximum absolute atomic E-state index is 3.00. The molecule has 12 heavy (non-hydrogen) atoms. The van der Waals surface area contributed by atoms with Crippen LogP contribution >= 0.6 is 0 Å². The third kappa shape index (κ3) is 311. The highest BCUT2D eigenvalue weighted by molar-refractivity contribution is 4.68. The minimum Gasteiger partial charge on any atom is -0.106 e. The molecule has 0 aromatic heterocycles. The van der Waals surface area contributed by atoms with E-state index in [1.54, 1.807) is 0 Å². The van der Waals surface area contributed by atoms with Crippen LogP contribution in [0.25, 0.3) is 0 Å². The van der Waals surface area contributed by atoms with Gasteiger partial charge in [0, 0.05) is 0 Å². The largest absolute Gasteiger partial charge is 0.106 e. The second-order valence-corrected chi connectivity index (χ2v) is 1.67. The summed E-state index contributed by atoms with van der Waals surface area (Å²) in [6.07, 6.45) is 6.64. The Kier molecular flexibility index (Phi) is 146. The molecule has 0 amide bonds. The molecule has 0 heteroatoms. The second kappa shape index (κ2) is 77.8. The van der Waals surface area contributed by atoms with Crippen molar-refractivity contribution in [3.05, 3.63) is 25.3 Å². The van der Waals surface area contributed by atoms with Crippen molar-refractivity contribution in [2.45, 2.75) is 54.4 Å². The van der Waals surface area contributed by atoms with Crippen molar-refractivity contribution in [1.29, 1.82) is 0 Å². The van der Waals surface area contributed by atoms with E-state index >= 15 is 0 Å². The SMILES string of the molecule is C=C.CC.CC=CC.CCCC. The van der Waals surface area contributed by atoms with Crippen molar-refractivity contribution < 1.29 is 0 Å². The molecule has 0 aromatic carbocycles. The van der Waals surface area contributed by atoms with E-state index in [2.05, 4.69) is 27.0 Å². The van der Waals surface area contributed by atoms with E-state index in [0.717, 1.165) is 0 Å². The van der Waals surface area contributed by atoms with E-state index in [1.165, 1.54) is 12.8 Å². The molecule has 0 aromatic rings. The molecule has 0 spiro atoms. The average molecular weight is 172 g/mol. The Hall–Kier alpha value is -0.520. The van der Waals surface area contributed by atoms with Gasteiger partial charge in [-0.1, -0.05) is 52.7 Å². The van der Waals surface area contributed by atoms with Gasteiger partial charge in [-0.15, -0.1) is 13.2 Å². The van der Waals surface area contributed by atoms with Crippen molar-refractivity contribution in [3.8, 4) is 0 Å². The van der Waals surface area contributed by atoms with Crippen LogP contribution in [0.3, 0.4) is 0 Å². The number of rotatable bonds is 1. The predicted octanol–water partition coefficient (Wildman–Crippen LogP) is 5.22. The van der Waals surface area contributed by atoms with Crippen molar-refractivity contribution in [1.82, 2.24) is 0 Å². The number of allylic oxidation sites excluding steroid dienone is 2. The highest BCUT2D eigenvalue weighted by Crippen LogP contribution is 1.76. The fraction of sp³-hybridized carbons (Fsp3) is 0.667. The molecule has 0 aliphatic rings. The van der Waals surface area contributed by atoms with Gasteiger partial charge in [-0.25, -0.2) is 0 Å². The summed E-state index contributed by atoms with van der Waals surface area (Å²) in [7, 11) is 0. The van der Waals surface area contributed by atoms with Crippen molar-refractivity contribution in [3.63, 3.8) is 0 Å². The monoisotopic (exact) mass is 172 g/mol. The molecular weight excluding hydrogens is 144 g/mol. The molecule has 0 aliphatic heterocycles. The maximum atomic E-state index is 3.00. The van der Waals surface area contributed by atoms with Crippen molar-refractivity contribution in [2.75, 3.05) is 0 Å². The van der Waals surface area contributed by atoms with E-state index in [9.17, 15) is 0 Å². The molecule has 0 heterocycles. The summed E-state index contributed by atoms with van der Waals surface area (Å²) < 4.78 is 0. The molecule has 76 valence electrons. The molecular formula is C12H28. The normalized spacial score (nSPS) is 6.50. The van der Waals surface area contributed by atoms with Crippen molar-refractivity contribution >= 4 is 0 Å². The minimum atomic E-state index is 1.32. The maximum Gasteiger partial charge on any atom is -0.0470 e. The molecule has 0 unspecified atom stereocenters. The summed E-state index contributed by atoms with van der Waals surface area (Å²) in [4.78, 5) is 0. The van der Waals surface area contributed by atoms with Gasteiger partial charge in [0.2, 0.25) is 0 Å². The fourth-order valence-corrected chi connectivity index (χ4v) is 0. The molecule has 0 saturated carbocycles. The van der Waals surface area contributed by atoms with Crippen LogP contribution in [0.1, 0.15) is 54.4 Å². The molecule has 0 radical (unpaired) electrons. The van der Waals surface area contributed by atoms with E-state index in [1.807, 2.05) is 39.8 Å². The van der Waals surface area contributed by atoms with E-state index < -0.39 is 0 Å². The molecule has 0 N–H and O–H groups in total. The first-order chi connectivity index (χ1) is 5.83. The average Bonchev–Trinajstić information content (AvgIpc) is 2.23. The van der Waals surface area contributed by atoms with Crippen LogP contribution in [-0.2, 0) is 0 Å². The highest BCUT2D eigenvalue weighted by Gasteiger charge is 1.56. The number of hydrogen-bond donors (Lipinski definition) is 0. The van der Waals surface area contributed by atoms with E-state index in [4.69, 9.17) is 0 Å². The first-order valence-corrected chi connectivity index (χ1v) is 4.90. The van der Waals surface area contributed by atoms with Crippen LogP contribution in [-0.4, -0.2) is 0 Å². The van der Waals surface area contributed by atoms with Gasteiger partial charge in [-0.2, -0.15) is 0 Å². The third-order valence-electron chi connectivity index (χ3n) is 0.833. The lowest BCUT2D eigenvalue weighted by Gasteiger charge is -1.68. The Bertz CT molecular complexity index is 38.0. The summed E-state index contributed by atoms with van der Waals surface area (Å²) in [5.41, 5.74) is 0. The third-order valence-corrected chi connectivity index (χ3v) is 0.833. The van der Waals surface area contributed by atoms with Gasteiger partial charge in [0.25, 0.3) is 0 Å². The molecule has 0 aliphatic carbocycles. The van der Waals surface area contributed by atoms with Gasteiger partial charge in [-0.3, -0.25) is 0 Å². The van der Waals surface area contributed by atoms with Gasteiger partial charge in [0.15, 0.2) is 0 Å². The van der Waals surface area contributed by atoms with Gasteiger partial charge < -0.3 is 0 Å². The van der Waals surface area contributed by atoms with E-state index in [0.29, 0.717) is 0 Å². The Labute approximate surface area is 80.4 Å². The number of hydrogen-bond acceptors (Lipinski definition) is 0. The van der Waals surface area contributed by atoms with Crippen LogP contribution < -0.4 is 0 Å². The molecule has 0 saturated heterocycles. The zero-order valence-corrected chi connectivity index (χ0v) is 9.98. The number of unbranched alkanes of at least 4 members (excludes halogenated alkanes) is 1. The fourth-order valence-electron chi connectivity index (χ4n) is 0. The Balaban J connectivity index is -0.0000000380. The predicted molar refractivity (Wildman–Crippen MR) is 63.7 cm³/mol. The summed E-state index contributed by atoms with van der Waals surface area (Å²) in [6.45, 7) is 18.4. The zero-order valence-electron chi connectivity index (χ0n) is 9.98. The van der Waals surface area contributed by atoms with Crippen LogP contribution in [0.15, 0.2) is 25.3 Å². The first kappa shape index (κ1) is 22.5. The first-order valence-electron chi connectivity index (χ1n) is 4.90. The van der Waals surface area contributed by atoms with Gasteiger partial charge in [0.1, 0.15) is 0 Å². The van der Waals surface area contributed by atoms with Crippen LogP contribution in [0.4, 0.5) is 0 Å². The van der Waals surface area contributed by atoms with Crippen LogP contribution in [0.5, 0.6) is 0 Å². The van der Waals surface area contributed by atoms with Crippen LogP contribution in [0, 0.1) is 0 Å². The Morgan fingerprint density at radius 2 is 1.00 bits per heavy atom.